The molecule has 2 heterocycles. The number of carbonyl (C=O) groups excluding carboxylic acids is 1. The fourth-order valence-electron chi connectivity index (χ4n) is 2.67. The summed E-state index contributed by atoms with van der Waals surface area (Å²) in [4.78, 5) is 27.6. The molecule has 2 rings (SSSR count). The van der Waals surface area contributed by atoms with Gasteiger partial charge in [-0.25, -0.2) is 0 Å². The molecule has 1 fully saturated rings. The van der Waals surface area contributed by atoms with Crippen LogP contribution in [0.3, 0.4) is 0 Å². The summed E-state index contributed by atoms with van der Waals surface area (Å²) >= 11 is 1.60. The lowest BCUT2D eigenvalue weighted by molar-refractivity contribution is -0.148. The number of rotatable bonds is 3. The first-order chi connectivity index (χ1) is 8.89. The van der Waals surface area contributed by atoms with E-state index in [1.165, 1.54) is 0 Å². The lowest BCUT2D eigenvalue weighted by atomic mass is 9.84. The van der Waals surface area contributed by atoms with Gasteiger partial charge in [0.2, 0.25) is 0 Å². The largest absolute Gasteiger partial charge is 0.481 e. The maximum atomic E-state index is 12.4. The minimum absolute atomic E-state index is 0.0292. The molecule has 0 bridgehead atoms. The van der Waals surface area contributed by atoms with Crippen LogP contribution < -0.4 is 0 Å². The second-order valence-corrected chi connectivity index (χ2v) is 6.70. The van der Waals surface area contributed by atoms with Gasteiger partial charge in [0, 0.05) is 22.8 Å². The van der Waals surface area contributed by atoms with Crippen molar-refractivity contribution < 1.29 is 14.7 Å². The molecule has 1 atom stereocenters. The molecule has 1 aliphatic rings. The van der Waals surface area contributed by atoms with Crippen molar-refractivity contribution in [2.75, 3.05) is 13.1 Å². The maximum Gasteiger partial charge on any atom is 0.311 e. The van der Waals surface area contributed by atoms with Crippen LogP contribution in [0.25, 0.3) is 0 Å². The lowest BCUT2D eigenvalue weighted by Crippen LogP contribution is -2.36. The van der Waals surface area contributed by atoms with Crippen molar-refractivity contribution in [1.82, 2.24) is 4.90 Å². The van der Waals surface area contributed by atoms with Gasteiger partial charge in [0.15, 0.2) is 0 Å². The number of likely N-dealkylation sites (tertiary alicyclic amines) is 1. The summed E-state index contributed by atoms with van der Waals surface area (Å²) in [5, 5.41) is 9.36. The Kier molecular flexibility index (Phi) is 3.67. The molecule has 0 spiro atoms. The van der Waals surface area contributed by atoms with Gasteiger partial charge >= 0.3 is 5.97 Å². The molecule has 1 amide bonds. The predicted octanol–water partition coefficient (Wildman–Crippen LogP) is 2.69. The Hall–Kier alpha value is -1.36. The van der Waals surface area contributed by atoms with Gasteiger partial charge in [-0.3, -0.25) is 9.59 Å². The predicted molar refractivity (Wildman–Crippen MR) is 74.7 cm³/mol. The number of nitrogens with zero attached hydrogens (tertiary/aromatic N) is 1. The minimum Gasteiger partial charge on any atom is -0.481 e. The molecule has 1 unspecified atom stereocenters. The number of hydrogen-bond donors (Lipinski definition) is 1. The first-order valence-electron chi connectivity index (χ1n) is 6.49. The van der Waals surface area contributed by atoms with Gasteiger partial charge in [0.1, 0.15) is 0 Å². The number of thiophene rings is 1. The van der Waals surface area contributed by atoms with Crippen molar-refractivity contribution in [3.05, 3.63) is 21.4 Å². The number of carboxylic acid groups (broad SMARTS) is 1. The summed E-state index contributed by atoms with van der Waals surface area (Å²) in [5.41, 5.74) is -0.0333. The first-order valence-corrected chi connectivity index (χ1v) is 7.31. The zero-order chi connectivity index (χ0) is 14.2. The standard InChI is InChI=1S/C14H19NO3S/c1-4-14(13(17)18)5-6-15(8-14)12(16)11-7-9(2)19-10(11)3/h7H,4-6,8H2,1-3H3,(H,17,18). The van der Waals surface area contributed by atoms with Crippen molar-refractivity contribution in [3.63, 3.8) is 0 Å². The van der Waals surface area contributed by atoms with E-state index in [0.717, 1.165) is 15.3 Å². The van der Waals surface area contributed by atoms with E-state index in [-0.39, 0.29) is 5.91 Å². The van der Waals surface area contributed by atoms with Gasteiger partial charge in [0.05, 0.1) is 11.0 Å². The summed E-state index contributed by atoms with van der Waals surface area (Å²) in [6.07, 6.45) is 1.11. The zero-order valence-corrected chi connectivity index (χ0v) is 12.3. The zero-order valence-electron chi connectivity index (χ0n) is 11.5. The van der Waals surface area contributed by atoms with Crippen LogP contribution in [-0.2, 0) is 4.79 Å². The van der Waals surface area contributed by atoms with Crippen molar-refractivity contribution >= 4 is 23.2 Å². The molecule has 1 aromatic rings. The van der Waals surface area contributed by atoms with Gasteiger partial charge in [-0.05, 0) is 32.8 Å². The summed E-state index contributed by atoms with van der Waals surface area (Å²) in [6, 6.07) is 1.90. The molecule has 0 aromatic carbocycles. The summed E-state index contributed by atoms with van der Waals surface area (Å²) in [6.45, 7) is 6.65. The average Bonchev–Trinajstić information content (AvgIpc) is 2.93. The second kappa shape index (κ2) is 4.96. The van der Waals surface area contributed by atoms with Gasteiger partial charge in [-0.1, -0.05) is 6.92 Å². The van der Waals surface area contributed by atoms with E-state index in [1.54, 1.807) is 16.2 Å². The Morgan fingerprint density at radius 1 is 1.47 bits per heavy atom. The lowest BCUT2D eigenvalue weighted by Gasteiger charge is -2.23. The second-order valence-electron chi connectivity index (χ2n) is 5.24. The highest BCUT2D eigenvalue weighted by Crippen LogP contribution is 2.35. The molecule has 1 aliphatic heterocycles. The molecule has 5 heteroatoms. The Labute approximate surface area is 117 Å². The Morgan fingerprint density at radius 2 is 2.16 bits per heavy atom. The van der Waals surface area contributed by atoms with Gasteiger partial charge in [-0.2, -0.15) is 0 Å². The molecule has 19 heavy (non-hydrogen) atoms. The molecule has 104 valence electrons. The molecule has 0 aliphatic carbocycles. The van der Waals surface area contributed by atoms with Crippen LogP contribution in [-0.4, -0.2) is 35.0 Å². The van der Waals surface area contributed by atoms with Crippen LogP contribution in [0.1, 0.15) is 39.9 Å². The van der Waals surface area contributed by atoms with Crippen LogP contribution in [0.15, 0.2) is 6.07 Å². The number of carboxylic acids is 1. The van der Waals surface area contributed by atoms with Crippen LogP contribution in [0.5, 0.6) is 0 Å². The smallest absolute Gasteiger partial charge is 0.311 e. The van der Waals surface area contributed by atoms with Crippen LogP contribution in [0, 0.1) is 19.3 Å². The topological polar surface area (TPSA) is 57.6 Å². The Morgan fingerprint density at radius 3 is 2.58 bits per heavy atom. The third kappa shape index (κ3) is 2.39. The van der Waals surface area contributed by atoms with E-state index in [2.05, 4.69) is 0 Å². The summed E-state index contributed by atoms with van der Waals surface area (Å²) < 4.78 is 0. The van der Waals surface area contributed by atoms with Crippen molar-refractivity contribution in [3.8, 4) is 0 Å². The van der Waals surface area contributed by atoms with E-state index in [9.17, 15) is 14.7 Å². The van der Waals surface area contributed by atoms with Gasteiger partial charge in [-0.15, -0.1) is 11.3 Å². The van der Waals surface area contributed by atoms with E-state index in [0.29, 0.717) is 25.9 Å². The fourth-order valence-corrected chi connectivity index (χ4v) is 3.59. The number of aliphatic carboxylic acids is 1. The van der Waals surface area contributed by atoms with Gasteiger partial charge < -0.3 is 10.0 Å². The van der Waals surface area contributed by atoms with Crippen molar-refractivity contribution in [1.29, 1.82) is 0 Å². The first kappa shape index (κ1) is 14.1. The SMILES string of the molecule is CCC1(C(=O)O)CCN(C(=O)c2cc(C)sc2C)C1. The van der Waals surface area contributed by atoms with Crippen LogP contribution in [0.2, 0.25) is 0 Å². The number of amides is 1. The third-order valence-electron chi connectivity index (χ3n) is 4.04. The molecular weight excluding hydrogens is 262 g/mol. The summed E-state index contributed by atoms with van der Waals surface area (Å²) in [5.74, 6) is -0.818. The minimum atomic E-state index is -0.788. The van der Waals surface area contributed by atoms with Crippen LogP contribution in [0.4, 0.5) is 0 Å². The molecular formula is C14H19NO3S. The van der Waals surface area contributed by atoms with E-state index in [4.69, 9.17) is 0 Å². The molecule has 1 N–H and O–H groups in total. The molecule has 0 saturated carbocycles. The monoisotopic (exact) mass is 281 g/mol. The third-order valence-corrected chi connectivity index (χ3v) is 5.01. The number of hydrogen-bond acceptors (Lipinski definition) is 3. The fraction of sp³-hybridized carbons (Fsp3) is 0.571. The average molecular weight is 281 g/mol. The van der Waals surface area contributed by atoms with Crippen LogP contribution >= 0.6 is 11.3 Å². The molecule has 1 saturated heterocycles. The molecule has 4 nitrogen and oxygen atoms in total. The van der Waals surface area contributed by atoms with E-state index in [1.807, 2.05) is 26.8 Å². The van der Waals surface area contributed by atoms with E-state index >= 15 is 0 Å². The highest BCUT2D eigenvalue weighted by molar-refractivity contribution is 7.12. The number of aryl methyl sites for hydroxylation is 2. The molecule has 0 radical (unpaired) electrons. The highest BCUT2D eigenvalue weighted by atomic mass is 32.1. The van der Waals surface area contributed by atoms with Crippen molar-refractivity contribution in [2.45, 2.75) is 33.6 Å². The van der Waals surface area contributed by atoms with E-state index < -0.39 is 11.4 Å². The number of carbonyl (C=O) groups is 2. The normalized spacial score (nSPS) is 22.8. The van der Waals surface area contributed by atoms with Gasteiger partial charge in [0.25, 0.3) is 5.91 Å². The maximum absolute atomic E-state index is 12.4. The quantitative estimate of drug-likeness (QED) is 0.926. The molecule has 1 aromatic heterocycles. The summed E-state index contributed by atoms with van der Waals surface area (Å²) in [7, 11) is 0. The van der Waals surface area contributed by atoms with Crippen molar-refractivity contribution in [2.24, 2.45) is 5.41 Å². The Balaban J connectivity index is 2.19. The highest BCUT2D eigenvalue weighted by Gasteiger charge is 2.45. The Bertz CT molecular complexity index is 523.